The van der Waals surface area contributed by atoms with Crippen LogP contribution in [-0.4, -0.2) is 96.9 Å². The van der Waals surface area contributed by atoms with E-state index >= 15 is 0 Å². The van der Waals surface area contributed by atoms with Crippen molar-refractivity contribution in [2.24, 2.45) is 0 Å². The fourth-order valence-electron chi connectivity index (χ4n) is 8.59. The maximum atomic E-state index is 13.6. The summed E-state index contributed by atoms with van der Waals surface area (Å²) in [5.41, 5.74) is 0. The summed E-state index contributed by atoms with van der Waals surface area (Å²) in [7, 11) is 0. The van der Waals surface area contributed by atoms with Crippen molar-refractivity contribution in [1.29, 1.82) is 0 Å². The largest absolute Gasteiger partial charge is 0.339 e. The van der Waals surface area contributed by atoms with Crippen LogP contribution in [0.3, 0.4) is 0 Å². The Morgan fingerprint density at radius 3 is 0.893 bits per heavy atom. The van der Waals surface area contributed by atoms with E-state index in [2.05, 4.69) is 37.5 Å². The molecule has 0 bridgehead atoms. The molecule has 1 heterocycles. The lowest BCUT2D eigenvalue weighted by Crippen LogP contribution is -2.52. The zero-order valence-corrected chi connectivity index (χ0v) is 38.7. The Balaban J connectivity index is 2.47. The first kappa shape index (κ1) is 52.9. The quantitative estimate of drug-likeness (QED) is 0.0578. The molecule has 56 heavy (non-hydrogen) atoms. The van der Waals surface area contributed by atoms with Crippen molar-refractivity contribution < 1.29 is 9.59 Å². The van der Waals surface area contributed by atoms with Gasteiger partial charge in [-0.2, -0.15) is 0 Å². The van der Waals surface area contributed by atoms with Gasteiger partial charge in [0.15, 0.2) is 0 Å². The smallest absolute Gasteiger partial charge is 0.236 e. The van der Waals surface area contributed by atoms with Crippen molar-refractivity contribution in [3.63, 3.8) is 0 Å². The SMILES string of the molecule is CCCCCCCCCCN(CCCCCCCCCC)CCCC(=O)N1CCN(C(=O)CN(CCCCCCCCCC)CCCCCCCCCC)CC1. The maximum absolute atomic E-state index is 13.6. The minimum Gasteiger partial charge on any atom is -0.339 e. The minimum absolute atomic E-state index is 0.272. The van der Waals surface area contributed by atoms with Crippen LogP contribution in [0, 0.1) is 0 Å². The Morgan fingerprint density at radius 2 is 0.571 bits per heavy atom. The first-order valence-corrected chi connectivity index (χ1v) is 25.6. The Labute approximate surface area is 351 Å². The number of rotatable bonds is 42. The minimum atomic E-state index is 0.272. The van der Waals surface area contributed by atoms with Crippen LogP contribution in [0.2, 0.25) is 0 Å². The van der Waals surface area contributed by atoms with Crippen molar-refractivity contribution in [2.45, 2.75) is 246 Å². The van der Waals surface area contributed by atoms with Gasteiger partial charge in [-0.1, -0.05) is 207 Å². The molecule has 1 fully saturated rings. The van der Waals surface area contributed by atoms with Gasteiger partial charge in [0.1, 0.15) is 0 Å². The van der Waals surface area contributed by atoms with Gasteiger partial charge >= 0.3 is 0 Å². The third-order valence-corrected chi connectivity index (χ3v) is 12.5. The predicted molar refractivity (Wildman–Crippen MR) is 246 cm³/mol. The van der Waals surface area contributed by atoms with Crippen LogP contribution in [0.15, 0.2) is 0 Å². The number of unbranched alkanes of at least 4 members (excludes halogenated alkanes) is 28. The third kappa shape index (κ3) is 31.8. The highest BCUT2D eigenvalue weighted by atomic mass is 16.2. The maximum Gasteiger partial charge on any atom is 0.236 e. The fourth-order valence-corrected chi connectivity index (χ4v) is 8.59. The Hall–Kier alpha value is -1.14. The summed E-state index contributed by atoms with van der Waals surface area (Å²) in [5, 5.41) is 0. The zero-order valence-electron chi connectivity index (χ0n) is 38.7. The lowest BCUT2D eigenvalue weighted by Gasteiger charge is -2.36. The molecule has 1 aliphatic rings. The molecule has 0 N–H and O–H groups in total. The molecule has 6 heteroatoms. The highest BCUT2D eigenvalue weighted by Gasteiger charge is 2.25. The zero-order chi connectivity index (χ0) is 40.6. The number of hydrogen-bond acceptors (Lipinski definition) is 4. The van der Waals surface area contributed by atoms with E-state index in [-0.39, 0.29) is 5.91 Å². The summed E-state index contributed by atoms with van der Waals surface area (Å²) in [6.45, 7) is 18.0. The number of amides is 2. The first-order chi connectivity index (χ1) is 27.5. The van der Waals surface area contributed by atoms with Gasteiger partial charge in [0, 0.05) is 32.6 Å². The van der Waals surface area contributed by atoms with Crippen LogP contribution in [0.5, 0.6) is 0 Å². The summed E-state index contributed by atoms with van der Waals surface area (Å²) in [6, 6.07) is 0. The van der Waals surface area contributed by atoms with Gasteiger partial charge in [-0.25, -0.2) is 0 Å². The molecular weight excluding hydrogens is 689 g/mol. The molecule has 0 radical (unpaired) electrons. The van der Waals surface area contributed by atoms with Crippen LogP contribution < -0.4 is 0 Å². The van der Waals surface area contributed by atoms with Gasteiger partial charge in [0.05, 0.1) is 6.54 Å². The topological polar surface area (TPSA) is 47.1 Å². The van der Waals surface area contributed by atoms with Crippen molar-refractivity contribution in [3.8, 4) is 0 Å². The molecule has 6 nitrogen and oxygen atoms in total. The molecule has 0 aromatic rings. The second-order valence-corrected chi connectivity index (χ2v) is 17.9. The predicted octanol–water partition coefficient (Wildman–Crippen LogP) is 13.6. The first-order valence-electron chi connectivity index (χ1n) is 25.6. The van der Waals surface area contributed by atoms with Gasteiger partial charge in [0.25, 0.3) is 0 Å². The van der Waals surface area contributed by atoms with Crippen molar-refractivity contribution in [2.75, 3.05) is 65.4 Å². The Kier molecular flexibility index (Phi) is 38.4. The Morgan fingerprint density at radius 1 is 0.321 bits per heavy atom. The van der Waals surface area contributed by atoms with Crippen LogP contribution in [0.25, 0.3) is 0 Å². The van der Waals surface area contributed by atoms with Gasteiger partial charge in [-0.05, 0) is 64.8 Å². The van der Waals surface area contributed by atoms with Gasteiger partial charge in [-0.3, -0.25) is 14.5 Å². The van der Waals surface area contributed by atoms with Gasteiger partial charge in [-0.15, -0.1) is 0 Å². The van der Waals surface area contributed by atoms with E-state index in [1.807, 2.05) is 9.80 Å². The normalized spacial score (nSPS) is 13.5. The van der Waals surface area contributed by atoms with E-state index in [0.717, 1.165) is 26.1 Å². The monoisotopic (exact) mass is 789 g/mol. The lowest BCUT2D eigenvalue weighted by atomic mass is 10.1. The Bertz CT molecular complexity index is 805. The fraction of sp³-hybridized carbons (Fsp3) is 0.960. The molecule has 1 saturated heterocycles. The molecule has 0 aromatic heterocycles. The third-order valence-electron chi connectivity index (χ3n) is 12.5. The summed E-state index contributed by atoms with van der Waals surface area (Å²) < 4.78 is 0. The summed E-state index contributed by atoms with van der Waals surface area (Å²) in [6.07, 6.45) is 44.7. The van der Waals surface area contributed by atoms with Crippen LogP contribution in [0.1, 0.15) is 246 Å². The van der Waals surface area contributed by atoms with Gasteiger partial charge in [0.2, 0.25) is 11.8 Å². The molecule has 0 spiro atoms. The number of nitrogens with zero attached hydrogens (tertiary/aromatic N) is 4. The number of carbonyl (C=O) groups excluding carboxylic acids is 2. The van der Waals surface area contributed by atoms with Crippen molar-refractivity contribution in [1.82, 2.24) is 19.6 Å². The van der Waals surface area contributed by atoms with Crippen molar-refractivity contribution >= 4 is 11.8 Å². The summed E-state index contributed by atoms with van der Waals surface area (Å²) >= 11 is 0. The van der Waals surface area contributed by atoms with Crippen molar-refractivity contribution in [3.05, 3.63) is 0 Å². The van der Waals surface area contributed by atoms with E-state index in [1.165, 1.54) is 219 Å². The number of hydrogen-bond donors (Lipinski definition) is 0. The highest BCUT2D eigenvalue weighted by molar-refractivity contribution is 5.79. The number of carbonyl (C=O) groups is 2. The average Bonchev–Trinajstić information content (AvgIpc) is 3.21. The molecule has 0 aromatic carbocycles. The molecule has 0 atom stereocenters. The van der Waals surface area contributed by atoms with E-state index < -0.39 is 0 Å². The van der Waals surface area contributed by atoms with E-state index in [9.17, 15) is 9.59 Å². The van der Waals surface area contributed by atoms with Crippen LogP contribution in [0.4, 0.5) is 0 Å². The van der Waals surface area contributed by atoms with E-state index in [1.54, 1.807) is 0 Å². The van der Waals surface area contributed by atoms with Crippen LogP contribution in [-0.2, 0) is 9.59 Å². The van der Waals surface area contributed by atoms with Gasteiger partial charge < -0.3 is 14.7 Å². The molecule has 2 amide bonds. The summed E-state index contributed by atoms with van der Waals surface area (Å²) in [5.74, 6) is 0.566. The number of piperazine rings is 1. The molecule has 0 unspecified atom stereocenters. The van der Waals surface area contributed by atoms with E-state index in [4.69, 9.17) is 0 Å². The van der Waals surface area contributed by atoms with Crippen LogP contribution >= 0.6 is 0 Å². The lowest BCUT2D eigenvalue weighted by molar-refractivity contribution is -0.140. The standard InChI is InChI=1S/C50H100N4O2/c1-5-9-13-17-21-25-29-33-39-51(40-34-30-26-22-18-14-10-6-2)43-37-38-49(55)53-44-46-54(47-45-53)50(56)48-52(41-35-31-27-23-19-15-11-7-3)42-36-32-28-24-20-16-12-8-4/h5-48H2,1-4H3. The van der Waals surface area contributed by atoms with E-state index in [0.29, 0.717) is 45.1 Å². The molecule has 1 aliphatic heterocycles. The molecule has 0 saturated carbocycles. The highest BCUT2D eigenvalue weighted by Crippen LogP contribution is 2.15. The molecule has 332 valence electrons. The molecular formula is C50H100N4O2. The second-order valence-electron chi connectivity index (χ2n) is 17.9. The molecule has 1 rings (SSSR count). The second kappa shape index (κ2) is 40.6. The molecule has 0 aliphatic carbocycles. The average molecular weight is 789 g/mol. The summed E-state index contributed by atoms with van der Waals surface area (Å²) in [4.78, 5) is 36.1.